The normalized spacial score (nSPS) is 49.1. The van der Waals surface area contributed by atoms with Crippen LogP contribution in [0.2, 0.25) is 0 Å². The van der Waals surface area contributed by atoms with Gasteiger partial charge < -0.3 is 10.2 Å². The van der Waals surface area contributed by atoms with Gasteiger partial charge in [0.2, 0.25) is 0 Å². The molecule has 9 atom stereocenters. The van der Waals surface area contributed by atoms with Gasteiger partial charge in [-0.3, -0.25) is 9.59 Å². The predicted molar refractivity (Wildman–Crippen MR) is 108 cm³/mol. The number of aliphatic hydroxyl groups is 1. The zero-order valence-corrected chi connectivity index (χ0v) is 17.8. The molecule has 4 heteroatoms. The third kappa shape index (κ3) is 3.05. The molecule has 0 amide bonds. The SMILES string of the molecule is C[C@H](CCC(=O)O)[C@H]1CC[C@H]2[C@@H]3C(O)C[C@@H]4CC(=O)CC[C@]4(C)[C@H]3CC[C@]12C. The second-order valence-corrected chi connectivity index (χ2v) is 11.2. The average Bonchev–Trinajstić information content (AvgIpc) is 2.98. The number of carbonyl (C=O) groups is 2. The molecule has 4 saturated carbocycles. The number of carboxylic acid groups (broad SMARTS) is 1. The van der Waals surface area contributed by atoms with Crippen LogP contribution in [0.5, 0.6) is 0 Å². The first-order valence-electron chi connectivity index (χ1n) is 11.6. The smallest absolute Gasteiger partial charge is 0.303 e. The molecule has 2 N–H and O–H groups in total. The molecule has 0 aromatic rings. The number of hydrogen-bond donors (Lipinski definition) is 2. The minimum Gasteiger partial charge on any atom is -0.481 e. The number of Topliss-reactive ketones (excluding diaryl/α,β-unsaturated/α-hetero) is 1. The van der Waals surface area contributed by atoms with E-state index >= 15 is 0 Å². The van der Waals surface area contributed by atoms with Gasteiger partial charge in [-0.15, -0.1) is 0 Å². The van der Waals surface area contributed by atoms with Gasteiger partial charge in [-0.2, -0.15) is 0 Å². The molecule has 28 heavy (non-hydrogen) atoms. The average molecular weight is 391 g/mol. The lowest BCUT2D eigenvalue weighted by atomic mass is 9.44. The number of carboxylic acids is 1. The Morgan fingerprint density at radius 1 is 1.14 bits per heavy atom. The van der Waals surface area contributed by atoms with Crippen LogP contribution in [0, 0.1) is 46.3 Å². The van der Waals surface area contributed by atoms with Crippen LogP contribution in [-0.4, -0.2) is 28.1 Å². The molecule has 0 spiro atoms. The number of ketones is 1. The Hall–Kier alpha value is -0.900. The minimum absolute atomic E-state index is 0.214. The Morgan fingerprint density at radius 3 is 2.57 bits per heavy atom. The van der Waals surface area contributed by atoms with E-state index < -0.39 is 5.97 Å². The number of rotatable bonds is 4. The first kappa shape index (κ1) is 20.4. The zero-order valence-electron chi connectivity index (χ0n) is 17.8. The van der Waals surface area contributed by atoms with Crippen molar-refractivity contribution < 1.29 is 19.8 Å². The highest BCUT2D eigenvalue weighted by Crippen LogP contribution is 2.68. The van der Waals surface area contributed by atoms with Crippen molar-refractivity contribution in [2.24, 2.45) is 46.3 Å². The number of carbonyl (C=O) groups excluding carboxylic acids is 1. The van der Waals surface area contributed by atoms with Crippen LogP contribution in [-0.2, 0) is 9.59 Å². The lowest BCUT2D eigenvalue weighted by molar-refractivity contribution is -0.169. The summed E-state index contributed by atoms with van der Waals surface area (Å²) in [7, 11) is 0. The van der Waals surface area contributed by atoms with Crippen molar-refractivity contribution in [2.75, 3.05) is 0 Å². The van der Waals surface area contributed by atoms with Crippen LogP contribution >= 0.6 is 0 Å². The third-order valence-corrected chi connectivity index (χ3v) is 10.1. The summed E-state index contributed by atoms with van der Waals surface area (Å²) in [6, 6.07) is 0. The Bertz CT molecular complexity index is 645. The van der Waals surface area contributed by atoms with Crippen molar-refractivity contribution in [3.63, 3.8) is 0 Å². The molecule has 0 aromatic heterocycles. The predicted octanol–water partition coefficient (Wildman–Crippen LogP) is 4.69. The molecule has 0 saturated heterocycles. The number of fused-ring (bicyclic) bond motifs is 5. The first-order chi connectivity index (χ1) is 13.2. The Kier molecular flexibility index (Phi) is 5.17. The van der Waals surface area contributed by atoms with Crippen molar-refractivity contribution in [1.82, 2.24) is 0 Å². The fraction of sp³-hybridized carbons (Fsp3) is 0.917. The van der Waals surface area contributed by atoms with Gasteiger partial charge in [0.25, 0.3) is 0 Å². The van der Waals surface area contributed by atoms with Crippen molar-refractivity contribution >= 4 is 11.8 Å². The van der Waals surface area contributed by atoms with Gasteiger partial charge in [-0.05, 0) is 91.3 Å². The van der Waals surface area contributed by atoms with Crippen LogP contribution < -0.4 is 0 Å². The summed E-state index contributed by atoms with van der Waals surface area (Å²) in [6.45, 7) is 7.10. The van der Waals surface area contributed by atoms with Crippen LogP contribution in [0.4, 0.5) is 0 Å². The Morgan fingerprint density at radius 2 is 1.86 bits per heavy atom. The number of hydrogen-bond acceptors (Lipinski definition) is 3. The molecule has 0 aromatic carbocycles. The van der Waals surface area contributed by atoms with Crippen molar-refractivity contribution in [1.29, 1.82) is 0 Å². The van der Waals surface area contributed by atoms with E-state index in [0.717, 1.165) is 32.1 Å². The number of aliphatic carboxylic acids is 1. The van der Waals surface area contributed by atoms with Crippen LogP contribution in [0.3, 0.4) is 0 Å². The second kappa shape index (κ2) is 7.11. The molecule has 4 nitrogen and oxygen atoms in total. The fourth-order valence-corrected chi connectivity index (χ4v) is 8.54. The lowest BCUT2D eigenvalue weighted by Crippen LogP contribution is -2.58. The van der Waals surface area contributed by atoms with Crippen molar-refractivity contribution in [3.05, 3.63) is 0 Å². The lowest BCUT2D eigenvalue weighted by Gasteiger charge is -2.62. The summed E-state index contributed by atoms with van der Waals surface area (Å²) >= 11 is 0. The van der Waals surface area contributed by atoms with Crippen LogP contribution in [0.1, 0.15) is 85.0 Å². The van der Waals surface area contributed by atoms with Crippen molar-refractivity contribution in [2.45, 2.75) is 91.1 Å². The van der Waals surface area contributed by atoms with E-state index in [9.17, 15) is 14.7 Å². The number of aliphatic hydroxyl groups excluding tert-OH is 1. The maximum Gasteiger partial charge on any atom is 0.303 e. The highest BCUT2D eigenvalue weighted by Gasteiger charge is 2.62. The molecule has 0 radical (unpaired) electrons. The molecular formula is C24H38O4. The van der Waals surface area contributed by atoms with E-state index in [0.29, 0.717) is 47.7 Å². The molecule has 1 unspecified atom stereocenters. The van der Waals surface area contributed by atoms with Crippen LogP contribution in [0.25, 0.3) is 0 Å². The highest BCUT2D eigenvalue weighted by molar-refractivity contribution is 5.79. The summed E-state index contributed by atoms with van der Waals surface area (Å²) in [5.74, 6) is 2.52. The van der Waals surface area contributed by atoms with Gasteiger partial charge in [0.05, 0.1) is 6.10 Å². The summed E-state index contributed by atoms with van der Waals surface area (Å²) in [5.41, 5.74) is 0.444. The molecule has 4 fully saturated rings. The van der Waals surface area contributed by atoms with Crippen molar-refractivity contribution in [3.8, 4) is 0 Å². The second-order valence-electron chi connectivity index (χ2n) is 11.2. The van der Waals surface area contributed by atoms with E-state index in [1.165, 1.54) is 19.3 Å². The third-order valence-electron chi connectivity index (χ3n) is 10.1. The van der Waals surface area contributed by atoms with Gasteiger partial charge in [0.1, 0.15) is 5.78 Å². The summed E-state index contributed by atoms with van der Waals surface area (Å²) < 4.78 is 0. The minimum atomic E-state index is -0.691. The topological polar surface area (TPSA) is 74.6 Å². The van der Waals surface area contributed by atoms with Gasteiger partial charge in [0, 0.05) is 19.3 Å². The molecule has 0 bridgehead atoms. The summed E-state index contributed by atoms with van der Waals surface area (Å²) in [5, 5.41) is 20.3. The Balaban J connectivity index is 1.56. The maximum atomic E-state index is 12.1. The van der Waals surface area contributed by atoms with E-state index in [2.05, 4.69) is 20.8 Å². The van der Waals surface area contributed by atoms with Gasteiger partial charge in [-0.1, -0.05) is 20.8 Å². The van der Waals surface area contributed by atoms with Gasteiger partial charge in [0.15, 0.2) is 0 Å². The first-order valence-corrected chi connectivity index (χ1v) is 11.6. The molecule has 4 aliphatic carbocycles. The van der Waals surface area contributed by atoms with E-state index in [4.69, 9.17) is 5.11 Å². The van der Waals surface area contributed by atoms with E-state index in [1.807, 2.05) is 0 Å². The van der Waals surface area contributed by atoms with Gasteiger partial charge >= 0.3 is 5.97 Å². The molecule has 4 aliphatic rings. The van der Waals surface area contributed by atoms with E-state index in [1.54, 1.807) is 0 Å². The summed E-state index contributed by atoms with van der Waals surface area (Å²) in [6.07, 6.45) is 8.68. The molecule has 158 valence electrons. The molecule has 0 heterocycles. The quantitative estimate of drug-likeness (QED) is 0.730. The zero-order chi connectivity index (χ0) is 20.3. The summed E-state index contributed by atoms with van der Waals surface area (Å²) in [4.78, 5) is 23.1. The molecule has 0 aliphatic heterocycles. The van der Waals surface area contributed by atoms with Crippen LogP contribution in [0.15, 0.2) is 0 Å². The molecule has 4 rings (SSSR count). The largest absolute Gasteiger partial charge is 0.481 e. The Labute approximate surface area is 169 Å². The fourth-order valence-electron chi connectivity index (χ4n) is 8.54. The highest BCUT2D eigenvalue weighted by atomic mass is 16.4. The maximum absolute atomic E-state index is 12.1. The standard InChI is InChI=1S/C24H38O4/c1-14(4-7-21(27)28)17-5-6-18-22-19(9-11-24(17,18)3)23(2)10-8-16(25)12-15(23)13-20(22)26/h14-15,17-20,22,26H,4-13H2,1-3H3,(H,27,28)/t14-,15+,17-,18+,19+,20?,22+,23+,24-/m1/s1. The monoisotopic (exact) mass is 390 g/mol. The van der Waals surface area contributed by atoms with E-state index in [-0.39, 0.29) is 23.4 Å². The van der Waals surface area contributed by atoms with Gasteiger partial charge in [-0.25, -0.2) is 0 Å². The molecular weight excluding hydrogens is 352 g/mol.